The van der Waals surface area contributed by atoms with Gasteiger partial charge in [0.25, 0.3) is 0 Å². The first kappa shape index (κ1) is 15.5. The van der Waals surface area contributed by atoms with Gasteiger partial charge in [-0.3, -0.25) is 9.36 Å². The van der Waals surface area contributed by atoms with Crippen LogP contribution in [0.1, 0.15) is 13.3 Å². The van der Waals surface area contributed by atoms with E-state index in [0.29, 0.717) is 17.0 Å². The third-order valence-corrected chi connectivity index (χ3v) is 6.01. The number of carbonyl (C=O) groups is 1. The van der Waals surface area contributed by atoms with Crippen molar-refractivity contribution in [1.82, 2.24) is 5.09 Å². The van der Waals surface area contributed by atoms with Gasteiger partial charge in [-0.05, 0) is 30.7 Å². The Labute approximate surface area is 124 Å². The molecule has 0 heterocycles. The Kier molecular flexibility index (Phi) is 4.94. The molecule has 2 aromatic rings. The first-order valence-corrected chi connectivity index (χ1v) is 8.50. The van der Waals surface area contributed by atoms with Crippen molar-refractivity contribution in [1.29, 1.82) is 0 Å². The molecule has 0 aliphatic rings. The monoisotopic (exact) mass is 303 g/mol. The highest BCUT2D eigenvalue weighted by Gasteiger charge is 2.31. The van der Waals surface area contributed by atoms with Gasteiger partial charge in [-0.1, -0.05) is 43.3 Å². The summed E-state index contributed by atoms with van der Waals surface area (Å²) in [4.78, 5) is 11.3. The van der Waals surface area contributed by atoms with Crippen LogP contribution >= 0.6 is 7.29 Å². The fourth-order valence-corrected chi connectivity index (χ4v) is 4.63. The van der Waals surface area contributed by atoms with Gasteiger partial charge in [0.1, 0.15) is 6.04 Å². The molecular formula is C16H18NO3P. The minimum absolute atomic E-state index is 0.360. The van der Waals surface area contributed by atoms with Crippen LogP contribution in [0.25, 0.3) is 0 Å². The summed E-state index contributed by atoms with van der Waals surface area (Å²) in [5, 5.41) is 13.3. The molecule has 0 bridgehead atoms. The van der Waals surface area contributed by atoms with Crippen molar-refractivity contribution < 1.29 is 14.5 Å². The van der Waals surface area contributed by atoms with Crippen LogP contribution in [0.2, 0.25) is 0 Å². The van der Waals surface area contributed by atoms with Crippen LogP contribution in [0.4, 0.5) is 0 Å². The van der Waals surface area contributed by atoms with E-state index in [0.717, 1.165) is 0 Å². The Bertz CT molecular complexity index is 600. The third kappa shape index (κ3) is 3.41. The molecule has 0 radical (unpaired) electrons. The summed E-state index contributed by atoms with van der Waals surface area (Å²) in [6, 6.07) is 17.1. The maximum Gasteiger partial charge on any atom is 0.321 e. The lowest BCUT2D eigenvalue weighted by Crippen LogP contribution is -2.39. The summed E-state index contributed by atoms with van der Waals surface area (Å²) in [7, 11) is -3.18. The summed E-state index contributed by atoms with van der Waals surface area (Å²) in [5.41, 5.74) is 0. The minimum atomic E-state index is -3.18. The number of benzene rings is 2. The van der Waals surface area contributed by atoms with E-state index in [-0.39, 0.29) is 0 Å². The third-order valence-electron chi connectivity index (χ3n) is 3.28. The normalized spacial score (nSPS) is 12.8. The lowest BCUT2D eigenvalue weighted by molar-refractivity contribution is -0.139. The van der Waals surface area contributed by atoms with Gasteiger partial charge in [0.2, 0.25) is 7.29 Å². The van der Waals surface area contributed by atoms with Crippen LogP contribution in [-0.4, -0.2) is 17.1 Å². The van der Waals surface area contributed by atoms with Crippen molar-refractivity contribution >= 4 is 23.9 Å². The van der Waals surface area contributed by atoms with Crippen LogP contribution in [0.5, 0.6) is 0 Å². The number of nitrogens with one attached hydrogen (secondary N) is 1. The molecule has 110 valence electrons. The van der Waals surface area contributed by atoms with Gasteiger partial charge < -0.3 is 5.11 Å². The van der Waals surface area contributed by atoms with Gasteiger partial charge in [-0.15, -0.1) is 0 Å². The van der Waals surface area contributed by atoms with E-state index in [1.807, 2.05) is 12.1 Å². The Morgan fingerprint density at radius 2 is 1.48 bits per heavy atom. The molecule has 0 spiro atoms. The summed E-state index contributed by atoms with van der Waals surface area (Å²) < 4.78 is 13.5. The molecule has 2 aromatic carbocycles. The molecule has 5 heteroatoms. The van der Waals surface area contributed by atoms with Crippen LogP contribution < -0.4 is 15.7 Å². The maximum absolute atomic E-state index is 13.5. The van der Waals surface area contributed by atoms with Gasteiger partial charge in [0.05, 0.1) is 0 Å². The van der Waals surface area contributed by atoms with Crippen molar-refractivity contribution in [3.63, 3.8) is 0 Å². The van der Waals surface area contributed by atoms with Crippen molar-refractivity contribution in [3.05, 3.63) is 60.7 Å². The maximum atomic E-state index is 13.5. The molecule has 2 N–H and O–H groups in total. The van der Waals surface area contributed by atoms with Gasteiger partial charge in [0.15, 0.2) is 0 Å². The highest BCUT2D eigenvalue weighted by molar-refractivity contribution is 7.77. The topological polar surface area (TPSA) is 66.4 Å². The van der Waals surface area contributed by atoms with Gasteiger partial charge >= 0.3 is 5.97 Å². The van der Waals surface area contributed by atoms with Crippen LogP contribution in [0.15, 0.2) is 60.7 Å². The van der Waals surface area contributed by atoms with Gasteiger partial charge in [0, 0.05) is 10.6 Å². The number of carboxylic acid groups (broad SMARTS) is 1. The molecule has 0 saturated heterocycles. The molecular weight excluding hydrogens is 285 g/mol. The molecule has 0 aliphatic heterocycles. The summed E-state index contributed by atoms with van der Waals surface area (Å²) in [6.07, 6.45) is 0.360. The average molecular weight is 303 g/mol. The van der Waals surface area contributed by atoms with Crippen molar-refractivity contribution in [2.45, 2.75) is 19.4 Å². The van der Waals surface area contributed by atoms with E-state index >= 15 is 0 Å². The molecule has 21 heavy (non-hydrogen) atoms. The first-order chi connectivity index (χ1) is 10.1. The minimum Gasteiger partial charge on any atom is -0.480 e. The largest absolute Gasteiger partial charge is 0.480 e. The smallest absolute Gasteiger partial charge is 0.321 e. The molecule has 1 atom stereocenters. The van der Waals surface area contributed by atoms with E-state index < -0.39 is 19.3 Å². The lowest BCUT2D eigenvalue weighted by atomic mass is 10.2. The standard InChI is InChI=1S/C16H18NO3P/c1-2-15(16(18)19)17-21(20,13-9-5-3-6-10-13)14-11-7-4-8-12-14/h3-12,15H,2H2,1H3,(H,17,20)(H,18,19). The second-order valence-corrected chi connectivity index (χ2v) is 7.22. The zero-order valence-corrected chi connectivity index (χ0v) is 12.7. The van der Waals surface area contributed by atoms with Gasteiger partial charge in [-0.25, -0.2) is 5.09 Å². The molecule has 0 saturated carbocycles. The molecule has 4 nitrogen and oxygen atoms in total. The second kappa shape index (κ2) is 6.70. The molecule has 1 unspecified atom stereocenters. The predicted molar refractivity (Wildman–Crippen MR) is 84.6 cm³/mol. The summed E-state index contributed by atoms with van der Waals surface area (Å²) in [6.45, 7) is 1.76. The van der Waals surface area contributed by atoms with E-state index in [1.165, 1.54) is 0 Å². The van der Waals surface area contributed by atoms with Crippen molar-refractivity contribution in [2.24, 2.45) is 0 Å². The fourth-order valence-electron chi connectivity index (χ4n) is 2.11. The summed E-state index contributed by atoms with van der Waals surface area (Å²) in [5.74, 6) is -0.996. The number of hydrogen-bond acceptors (Lipinski definition) is 2. The Morgan fingerprint density at radius 1 is 1.05 bits per heavy atom. The van der Waals surface area contributed by atoms with E-state index in [1.54, 1.807) is 55.5 Å². The van der Waals surface area contributed by atoms with Gasteiger partial charge in [-0.2, -0.15) is 0 Å². The predicted octanol–water partition coefficient (Wildman–Crippen LogP) is 2.37. The zero-order valence-electron chi connectivity index (χ0n) is 11.8. The number of aliphatic carboxylic acids is 1. The summed E-state index contributed by atoms with van der Waals surface area (Å²) >= 11 is 0. The van der Waals surface area contributed by atoms with Crippen molar-refractivity contribution in [2.75, 3.05) is 0 Å². The van der Waals surface area contributed by atoms with E-state index in [4.69, 9.17) is 0 Å². The van der Waals surface area contributed by atoms with Crippen molar-refractivity contribution in [3.8, 4) is 0 Å². The molecule has 2 rings (SSSR count). The molecule has 0 aromatic heterocycles. The molecule has 0 amide bonds. The van der Waals surface area contributed by atoms with Crippen LogP contribution in [0, 0.1) is 0 Å². The zero-order chi connectivity index (χ0) is 15.3. The molecule has 0 fully saturated rings. The van der Waals surface area contributed by atoms with E-state index in [2.05, 4.69) is 5.09 Å². The number of hydrogen-bond donors (Lipinski definition) is 2. The number of rotatable bonds is 6. The lowest BCUT2D eigenvalue weighted by Gasteiger charge is -2.24. The Balaban J connectivity index is 2.50. The van der Waals surface area contributed by atoms with Crippen LogP contribution in [0.3, 0.4) is 0 Å². The highest BCUT2D eigenvalue weighted by atomic mass is 31.2. The second-order valence-electron chi connectivity index (χ2n) is 4.71. The average Bonchev–Trinajstić information content (AvgIpc) is 2.53. The first-order valence-electron chi connectivity index (χ1n) is 6.80. The number of carboxylic acids is 1. The molecule has 0 aliphatic carbocycles. The fraction of sp³-hybridized carbons (Fsp3) is 0.188. The Hall–Kier alpha value is -1.90. The SMILES string of the molecule is CCC(NP(=O)(c1ccccc1)c1ccccc1)C(=O)O. The highest BCUT2D eigenvalue weighted by Crippen LogP contribution is 2.39. The van der Waals surface area contributed by atoms with Crippen LogP contribution in [-0.2, 0) is 9.36 Å². The van der Waals surface area contributed by atoms with E-state index in [9.17, 15) is 14.5 Å². The Morgan fingerprint density at radius 3 is 1.81 bits per heavy atom. The quantitative estimate of drug-likeness (QED) is 0.804.